The second-order valence-electron chi connectivity index (χ2n) is 4.51. The van der Waals surface area contributed by atoms with Crippen LogP contribution in [0.15, 0.2) is 6.07 Å². The smallest absolute Gasteiger partial charge is 0.346 e. The molecule has 3 N–H and O–H groups in total. The molecular formula is C12H16N2O3S. The number of carboxylic acids is 1. The fourth-order valence-electron chi connectivity index (χ4n) is 2.16. The van der Waals surface area contributed by atoms with Gasteiger partial charge in [-0.05, 0) is 31.4 Å². The first-order valence-electron chi connectivity index (χ1n) is 5.97. The summed E-state index contributed by atoms with van der Waals surface area (Å²) in [5.74, 6) is -0.957. The summed E-state index contributed by atoms with van der Waals surface area (Å²) < 4.78 is 0. The quantitative estimate of drug-likeness (QED) is 0.788. The number of carbonyl (C=O) groups excluding carboxylic acids is 1. The zero-order chi connectivity index (χ0) is 13.1. The molecule has 0 aromatic carbocycles. The Morgan fingerprint density at radius 3 is 2.61 bits per heavy atom. The number of carbonyl (C=O) groups is 2. The summed E-state index contributed by atoms with van der Waals surface area (Å²) in [6.07, 6.45) is 4.37. The molecule has 5 nitrogen and oxygen atoms in total. The van der Waals surface area contributed by atoms with E-state index >= 15 is 0 Å². The summed E-state index contributed by atoms with van der Waals surface area (Å²) in [5.41, 5.74) is 0.670. The molecule has 0 bridgehead atoms. The van der Waals surface area contributed by atoms with Gasteiger partial charge in [0.1, 0.15) is 4.88 Å². The van der Waals surface area contributed by atoms with Gasteiger partial charge < -0.3 is 10.4 Å². The lowest BCUT2D eigenvalue weighted by Crippen LogP contribution is -2.35. The van der Waals surface area contributed by atoms with E-state index in [1.165, 1.54) is 0 Å². The van der Waals surface area contributed by atoms with Gasteiger partial charge in [0.2, 0.25) is 0 Å². The number of amides is 2. The van der Waals surface area contributed by atoms with Crippen molar-refractivity contribution >= 4 is 28.3 Å². The Morgan fingerprint density at radius 1 is 1.39 bits per heavy atom. The molecular weight excluding hydrogens is 252 g/mol. The third-order valence-electron chi connectivity index (χ3n) is 3.04. The van der Waals surface area contributed by atoms with Crippen LogP contribution in [-0.4, -0.2) is 23.1 Å². The first-order chi connectivity index (χ1) is 8.56. The summed E-state index contributed by atoms with van der Waals surface area (Å²) >= 11 is 1.08. The molecule has 0 spiro atoms. The molecule has 1 aliphatic rings. The van der Waals surface area contributed by atoms with Crippen LogP contribution in [0.3, 0.4) is 0 Å². The molecule has 0 saturated heterocycles. The predicted octanol–water partition coefficient (Wildman–Crippen LogP) is 2.82. The van der Waals surface area contributed by atoms with Gasteiger partial charge in [-0.25, -0.2) is 9.59 Å². The van der Waals surface area contributed by atoms with Crippen LogP contribution < -0.4 is 10.6 Å². The first-order valence-corrected chi connectivity index (χ1v) is 6.79. The van der Waals surface area contributed by atoms with E-state index in [1.807, 2.05) is 0 Å². The fourth-order valence-corrected chi connectivity index (χ4v) is 3.07. The minimum absolute atomic E-state index is 0.250. The molecule has 0 aliphatic heterocycles. The van der Waals surface area contributed by atoms with Gasteiger partial charge in [0.15, 0.2) is 0 Å². The van der Waals surface area contributed by atoms with Crippen molar-refractivity contribution in [3.8, 4) is 0 Å². The Balaban J connectivity index is 1.94. The van der Waals surface area contributed by atoms with Crippen molar-refractivity contribution in [2.45, 2.75) is 38.6 Å². The number of hydrogen-bond acceptors (Lipinski definition) is 3. The Bertz CT molecular complexity index is 464. The summed E-state index contributed by atoms with van der Waals surface area (Å²) in [6.45, 7) is 1.72. The Morgan fingerprint density at radius 2 is 2.06 bits per heavy atom. The van der Waals surface area contributed by atoms with E-state index in [-0.39, 0.29) is 17.0 Å². The van der Waals surface area contributed by atoms with E-state index in [2.05, 4.69) is 10.6 Å². The normalized spacial score (nSPS) is 15.6. The molecule has 2 rings (SSSR count). The maximum absolute atomic E-state index is 11.7. The topological polar surface area (TPSA) is 78.4 Å². The number of hydrogen-bond donors (Lipinski definition) is 3. The van der Waals surface area contributed by atoms with Crippen molar-refractivity contribution in [3.63, 3.8) is 0 Å². The second kappa shape index (κ2) is 5.39. The number of anilines is 1. The summed E-state index contributed by atoms with van der Waals surface area (Å²) in [7, 11) is 0. The number of rotatable bonds is 3. The van der Waals surface area contributed by atoms with E-state index < -0.39 is 5.97 Å². The van der Waals surface area contributed by atoms with Crippen LogP contribution in [0, 0.1) is 6.92 Å². The van der Waals surface area contributed by atoms with E-state index in [0.717, 1.165) is 37.0 Å². The van der Waals surface area contributed by atoms with Crippen molar-refractivity contribution in [1.29, 1.82) is 0 Å². The van der Waals surface area contributed by atoms with E-state index in [4.69, 9.17) is 5.11 Å². The van der Waals surface area contributed by atoms with Gasteiger partial charge >= 0.3 is 12.0 Å². The molecule has 6 heteroatoms. The molecule has 1 saturated carbocycles. The largest absolute Gasteiger partial charge is 0.477 e. The average Bonchev–Trinajstić information content (AvgIpc) is 2.88. The minimum atomic E-state index is -0.957. The van der Waals surface area contributed by atoms with Gasteiger partial charge in [0, 0.05) is 6.04 Å². The number of thiophene rings is 1. The molecule has 1 heterocycles. The maximum atomic E-state index is 11.7. The molecule has 2 amide bonds. The molecule has 0 atom stereocenters. The third kappa shape index (κ3) is 3.01. The van der Waals surface area contributed by atoms with Gasteiger partial charge in [-0.1, -0.05) is 12.8 Å². The highest BCUT2D eigenvalue weighted by Gasteiger charge is 2.18. The van der Waals surface area contributed by atoms with E-state index in [1.54, 1.807) is 13.0 Å². The van der Waals surface area contributed by atoms with Crippen molar-refractivity contribution in [2.24, 2.45) is 0 Å². The number of urea groups is 1. The molecule has 1 aromatic heterocycles. The van der Waals surface area contributed by atoms with Crippen molar-refractivity contribution < 1.29 is 14.7 Å². The van der Waals surface area contributed by atoms with Crippen LogP contribution >= 0.6 is 11.3 Å². The predicted molar refractivity (Wildman–Crippen MR) is 70.4 cm³/mol. The van der Waals surface area contributed by atoms with Crippen molar-refractivity contribution in [1.82, 2.24) is 5.32 Å². The standard InChI is InChI=1S/C12H16N2O3S/c1-7-6-9(18-10(7)11(15)16)14-12(17)13-8-4-2-3-5-8/h6,8H,2-5H2,1H3,(H,15,16)(H2,13,14,17). The molecule has 1 aromatic rings. The Hall–Kier alpha value is -1.56. The average molecular weight is 268 g/mol. The lowest BCUT2D eigenvalue weighted by atomic mass is 10.2. The van der Waals surface area contributed by atoms with E-state index in [0.29, 0.717) is 10.6 Å². The third-order valence-corrected chi connectivity index (χ3v) is 4.18. The van der Waals surface area contributed by atoms with Crippen LogP contribution in [0.25, 0.3) is 0 Å². The molecule has 0 unspecified atom stereocenters. The van der Waals surface area contributed by atoms with E-state index in [9.17, 15) is 9.59 Å². The van der Waals surface area contributed by atoms with Gasteiger partial charge in [0.05, 0.1) is 5.00 Å². The van der Waals surface area contributed by atoms with Gasteiger partial charge in [-0.3, -0.25) is 5.32 Å². The van der Waals surface area contributed by atoms with Crippen LogP contribution in [0.5, 0.6) is 0 Å². The Labute approximate surface area is 109 Å². The summed E-state index contributed by atoms with van der Waals surface area (Å²) in [6, 6.07) is 1.69. The molecule has 1 fully saturated rings. The minimum Gasteiger partial charge on any atom is -0.477 e. The van der Waals surface area contributed by atoms with Crippen LogP contribution in [0.4, 0.5) is 9.80 Å². The zero-order valence-corrected chi connectivity index (χ0v) is 11.0. The first kappa shape index (κ1) is 12.9. The van der Waals surface area contributed by atoms with Gasteiger partial charge in [0.25, 0.3) is 0 Å². The SMILES string of the molecule is Cc1cc(NC(=O)NC2CCCC2)sc1C(=O)O. The highest BCUT2D eigenvalue weighted by molar-refractivity contribution is 7.18. The Kier molecular flexibility index (Phi) is 3.86. The molecule has 0 radical (unpaired) electrons. The number of aryl methyl sites for hydroxylation is 1. The maximum Gasteiger partial charge on any atom is 0.346 e. The zero-order valence-electron chi connectivity index (χ0n) is 10.2. The molecule has 1 aliphatic carbocycles. The highest BCUT2D eigenvalue weighted by atomic mass is 32.1. The van der Waals surface area contributed by atoms with Crippen LogP contribution in [-0.2, 0) is 0 Å². The van der Waals surface area contributed by atoms with Crippen molar-refractivity contribution in [3.05, 3.63) is 16.5 Å². The molecule has 18 heavy (non-hydrogen) atoms. The lowest BCUT2D eigenvalue weighted by molar-refractivity contribution is 0.0701. The van der Waals surface area contributed by atoms with Gasteiger partial charge in [-0.15, -0.1) is 11.3 Å². The van der Waals surface area contributed by atoms with Crippen LogP contribution in [0.1, 0.15) is 40.9 Å². The van der Waals surface area contributed by atoms with Crippen LogP contribution in [0.2, 0.25) is 0 Å². The fraction of sp³-hybridized carbons (Fsp3) is 0.500. The summed E-state index contributed by atoms with van der Waals surface area (Å²) in [5, 5.41) is 15.1. The number of aromatic carboxylic acids is 1. The highest BCUT2D eigenvalue weighted by Crippen LogP contribution is 2.26. The second-order valence-corrected chi connectivity index (χ2v) is 5.56. The monoisotopic (exact) mass is 268 g/mol. The number of nitrogens with one attached hydrogen (secondary N) is 2. The summed E-state index contributed by atoms with van der Waals surface area (Å²) in [4.78, 5) is 22.8. The van der Waals surface area contributed by atoms with Crippen molar-refractivity contribution in [2.75, 3.05) is 5.32 Å². The van der Waals surface area contributed by atoms with Gasteiger partial charge in [-0.2, -0.15) is 0 Å². The lowest BCUT2D eigenvalue weighted by Gasteiger charge is -2.11. The number of carboxylic acid groups (broad SMARTS) is 1. The molecule has 98 valence electrons.